The molecule has 1 aliphatic carbocycles. The average molecular weight is 205 g/mol. The van der Waals surface area contributed by atoms with Crippen molar-refractivity contribution in [3.05, 3.63) is 0 Å². The van der Waals surface area contributed by atoms with Gasteiger partial charge in [-0.2, -0.15) is 0 Å². The summed E-state index contributed by atoms with van der Waals surface area (Å²) in [5.74, 6) is -3.49. The van der Waals surface area contributed by atoms with Gasteiger partial charge in [0.25, 0.3) is 0 Å². The highest BCUT2D eigenvalue weighted by Crippen LogP contribution is 2.57. The molecular weight excluding hydrogens is 192 g/mol. The van der Waals surface area contributed by atoms with Gasteiger partial charge < -0.3 is 10.4 Å². The molecule has 5 heteroatoms. The van der Waals surface area contributed by atoms with E-state index in [9.17, 15) is 13.6 Å². The SMILES string of the molecule is O=C(O)[C@@H]1CC2(CCN1)CC(F)(F)C2. The molecule has 1 heterocycles. The number of carboxylic acid groups (broad SMARTS) is 1. The van der Waals surface area contributed by atoms with E-state index in [1.165, 1.54) is 0 Å². The van der Waals surface area contributed by atoms with E-state index in [-0.39, 0.29) is 12.8 Å². The molecule has 0 radical (unpaired) electrons. The van der Waals surface area contributed by atoms with Crippen molar-refractivity contribution in [2.45, 2.75) is 37.6 Å². The van der Waals surface area contributed by atoms with E-state index < -0.39 is 23.3 Å². The largest absolute Gasteiger partial charge is 0.480 e. The first-order valence-electron chi connectivity index (χ1n) is 4.77. The van der Waals surface area contributed by atoms with Crippen molar-refractivity contribution in [2.75, 3.05) is 6.54 Å². The van der Waals surface area contributed by atoms with Gasteiger partial charge in [0.2, 0.25) is 5.92 Å². The Kier molecular flexibility index (Phi) is 2.03. The maximum Gasteiger partial charge on any atom is 0.320 e. The van der Waals surface area contributed by atoms with Gasteiger partial charge in [0.05, 0.1) is 0 Å². The number of nitrogens with one attached hydrogen (secondary N) is 1. The average Bonchev–Trinajstić information content (AvgIpc) is 2.00. The number of piperidine rings is 1. The van der Waals surface area contributed by atoms with E-state index >= 15 is 0 Å². The minimum Gasteiger partial charge on any atom is -0.480 e. The lowest BCUT2D eigenvalue weighted by Crippen LogP contribution is -2.56. The normalized spacial score (nSPS) is 33.7. The molecule has 14 heavy (non-hydrogen) atoms. The van der Waals surface area contributed by atoms with Crippen LogP contribution in [0.1, 0.15) is 25.7 Å². The van der Waals surface area contributed by atoms with Crippen molar-refractivity contribution in [2.24, 2.45) is 5.41 Å². The maximum atomic E-state index is 12.7. The topological polar surface area (TPSA) is 49.3 Å². The van der Waals surface area contributed by atoms with Crippen molar-refractivity contribution in [1.82, 2.24) is 5.32 Å². The number of aliphatic carboxylic acids is 1. The van der Waals surface area contributed by atoms with Crippen LogP contribution in [-0.2, 0) is 4.79 Å². The minimum absolute atomic E-state index is 0.133. The Morgan fingerprint density at radius 1 is 1.43 bits per heavy atom. The Balaban J connectivity index is 1.99. The zero-order chi connectivity index (χ0) is 10.4. The highest BCUT2D eigenvalue weighted by atomic mass is 19.3. The molecule has 80 valence electrons. The number of alkyl halides is 2. The van der Waals surface area contributed by atoms with Crippen molar-refractivity contribution < 1.29 is 18.7 Å². The minimum atomic E-state index is -2.56. The third-order valence-electron chi connectivity index (χ3n) is 3.25. The maximum absolute atomic E-state index is 12.7. The third kappa shape index (κ3) is 1.61. The fourth-order valence-corrected chi connectivity index (χ4v) is 2.66. The number of hydrogen-bond acceptors (Lipinski definition) is 2. The number of rotatable bonds is 1. The Morgan fingerprint density at radius 2 is 2.07 bits per heavy atom. The Bertz CT molecular complexity index is 260. The van der Waals surface area contributed by atoms with E-state index in [1.54, 1.807) is 0 Å². The van der Waals surface area contributed by atoms with E-state index in [0.717, 1.165) is 0 Å². The summed E-state index contributed by atoms with van der Waals surface area (Å²) in [6, 6.07) is -0.639. The quantitative estimate of drug-likeness (QED) is 0.677. The summed E-state index contributed by atoms with van der Waals surface area (Å²) in [6.45, 7) is 0.535. The van der Waals surface area contributed by atoms with Crippen LogP contribution in [0.15, 0.2) is 0 Å². The fourth-order valence-electron chi connectivity index (χ4n) is 2.66. The van der Waals surface area contributed by atoms with Gasteiger partial charge in [-0.1, -0.05) is 0 Å². The highest BCUT2D eigenvalue weighted by molar-refractivity contribution is 5.73. The summed E-state index contributed by atoms with van der Waals surface area (Å²) in [4.78, 5) is 10.7. The first kappa shape index (κ1) is 9.83. The standard InChI is InChI=1S/C9H13F2NO2/c10-9(11)4-8(5-9)1-2-12-6(3-8)7(13)14/h6,12H,1-5H2,(H,13,14)/t6-/m0/s1. The first-order valence-corrected chi connectivity index (χ1v) is 4.77. The summed E-state index contributed by atoms with van der Waals surface area (Å²) in [5, 5.41) is 11.6. The Morgan fingerprint density at radius 3 is 2.57 bits per heavy atom. The van der Waals surface area contributed by atoms with Gasteiger partial charge in [-0.15, -0.1) is 0 Å². The molecule has 0 aromatic heterocycles. The summed E-state index contributed by atoms with van der Waals surface area (Å²) < 4.78 is 25.5. The van der Waals surface area contributed by atoms with Crippen LogP contribution in [0.2, 0.25) is 0 Å². The number of carbonyl (C=O) groups is 1. The van der Waals surface area contributed by atoms with E-state index in [0.29, 0.717) is 19.4 Å². The van der Waals surface area contributed by atoms with Crippen molar-refractivity contribution >= 4 is 5.97 Å². The molecule has 1 saturated carbocycles. The molecular formula is C9H13F2NO2. The number of halogens is 2. The van der Waals surface area contributed by atoms with Crippen molar-refractivity contribution in [1.29, 1.82) is 0 Å². The lowest BCUT2D eigenvalue weighted by atomic mass is 9.60. The zero-order valence-corrected chi connectivity index (χ0v) is 7.72. The second-order valence-electron chi connectivity index (χ2n) is 4.51. The van der Waals surface area contributed by atoms with Crippen LogP contribution in [0, 0.1) is 5.41 Å². The monoisotopic (exact) mass is 205 g/mol. The molecule has 2 rings (SSSR count). The van der Waals surface area contributed by atoms with Gasteiger partial charge in [-0.25, -0.2) is 8.78 Å². The van der Waals surface area contributed by atoms with Gasteiger partial charge >= 0.3 is 5.97 Å². The Hall–Kier alpha value is -0.710. The second-order valence-corrected chi connectivity index (χ2v) is 4.51. The molecule has 3 nitrogen and oxygen atoms in total. The first-order chi connectivity index (χ1) is 6.43. The van der Waals surface area contributed by atoms with E-state index in [1.807, 2.05) is 0 Å². The van der Waals surface area contributed by atoms with Gasteiger partial charge in [0, 0.05) is 12.8 Å². The molecule has 2 fully saturated rings. The molecule has 0 aromatic carbocycles. The van der Waals surface area contributed by atoms with Gasteiger partial charge in [0.1, 0.15) is 6.04 Å². The van der Waals surface area contributed by atoms with Gasteiger partial charge in [0.15, 0.2) is 0 Å². The van der Waals surface area contributed by atoms with E-state index in [4.69, 9.17) is 5.11 Å². The summed E-state index contributed by atoms with van der Waals surface area (Å²) in [7, 11) is 0. The van der Waals surface area contributed by atoms with E-state index in [2.05, 4.69) is 5.32 Å². The van der Waals surface area contributed by atoms with Crippen LogP contribution in [-0.4, -0.2) is 29.6 Å². The fraction of sp³-hybridized carbons (Fsp3) is 0.889. The Labute approximate surface area is 80.5 Å². The van der Waals surface area contributed by atoms with Crippen molar-refractivity contribution in [3.63, 3.8) is 0 Å². The molecule has 0 aromatic rings. The predicted octanol–water partition coefficient (Wildman–Crippen LogP) is 1.24. The molecule has 2 N–H and O–H groups in total. The summed E-state index contributed by atoms with van der Waals surface area (Å²) in [6.07, 6.45) is 0.751. The molecule has 0 unspecified atom stereocenters. The molecule has 1 spiro atoms. The van der Waals surface area contributed by atoms with Crippen LogP contribution in [0.4, 0.5) is 8.78 Å². The zero-order valence-electron chi connectivity index (χ0n) is 7.72. The molecule has 1 atom stereocenters. The second kappa shape index (κ2) is 2.89. The van der Waals surface area contributed by atoms with Crippen LogP contribution in [0.3, 0.4) is 0 Å². The lowest BCUT2D eigenvalue weighted by molar-refractivity contribution is -0.179. The highest BCUT2D eigenvalue weighted by Gasteiger charge is 2.57. The van der Waals surface area contributed by atoms with Crippen LogP contribution in [0.5, 0.6) is 0 Å². The molecule has 2 aliphatic rings. The van der Waals surface area contributed by atoms with Gasteiger partial charge in [-0.05, 0) is 24.8 Å². The van der Waals surface area contributed by atoms with Crippen LogP contribution < -0.4 is 5.32 Å². The molecule has 1 saturated heterocycles. The van der Waals surface area contributed by atoms with Gasteiger partial charge in [-0.3, -0.25) is 4.79 Å². The van der Waals surface area contributed by atoms with Crippen LogP contribution in [0.25, 0.3) is 0 Å². The predicted molar refractivity (Wildman–Crippen MR) is 45.3 cm³/mol. The molecule has 0 bridgehead atoms. The van der Waals surface area contributed by atoms with Crippen molar-refractivity contribution in [3.8, 4) is 0 Å². The lowest BCUT2D eigenvalue weighted by Gasteiger charge is -2.51. The number of carboxylic acids is 1. The third-order valence-corrected chi connectivity index (χ3v) is 3.25. The summed E-state index contributed by atoms with van der Waals surface area (Å²) in [5.41, 5.74) is -0.405. The smallest absolute Gasteiger partial charge is 0.320 e. The number of hydrogen-bond donors (Lipinski definition) is 2. The molecule has 1 aliphatic heterocycles. The summed E-state index contributed by atoms with van der Waals surface area (Å²) >= 11 is 0. The van der Waals surface area contributed by atoms with Crippen LogP contribution >= 0.6 is 0 Å². The molecule has 0 amide bonds.